The lowest BCUT2D eigenvalue weighted by atomic mass is 9.95. The number of ether oxygens (including phenoxy) is 1. The third-order valence-corrected chi connectivity index (χ3v) is 2.85. The minimum absolute atomic E-state index is 0.0245. The fourth-order valence-corrected chi connectivity index (χ4v) is 1.81. The van der Waals surface area contributed by atoms with Gasteiger partial charge in [-0.3, -0.25) is 9.59 Å². The quantitative estimate of drug-likeness (QED) is 0.689. The van der Waals surface area contributed by atoms with E-state index in [-0.39, 0.29) is 12.0 Å². The Morgan fingerprint density at radius 3 is 2.73 bits per heavy atom. The molecule has 0 aromatic rings. The molecule has 1 aliphatic rings. The Morgan fingerprint density at radius 1 is 1.53 bits per heavy atom. The molecule has 1 aliphatic heterocycles. The summed E-state index contributed by atoms with van der Waals surface area (Å²) in [5.41, 5.74) is 0. The number of hydrogen-bond donors (Lipinski definition) is 1. The Morgan fingerprint density at radius 2 is 2.20 bits per heavy atom. The van der Waals surface area contributed by atoms with Gasteiger partial charge in [0.15, 0.2) is 0 Å². The van der Waals surface area contributed by atoms with E-state index in [1.807, 2.05) is 0 Å². The Balaban J connectivity index is 2.50. The molecular formula is C10H17NO4. The molecule has 0 aromatic heterocycles. The third kappa shape index (κ3) is 3.20. The van der Waals surface area contributed by atoms with Gasteiger partial charge >= 0.3 is 5.97 Å². The van der Waals surface area contributed by atoms with Crippen LogP contribution in [0.1, 0.15) is 19.8 Å². The summed E-state index contributed by atoms with van der Waals surface area (Å²) in [5, 5.41) is 8.51. The molecule has 0 aromatic carbocycles. The summed E-state index contributed by atoms with van der Waals surface area (Å²) in [7, 11) is 1.62. The van der Waals surface area contributed by atoms with Crippen molar-refractivity contribution in [3.8, 4) is 0 Å². The van der Waals surface area contributed by atoms with Crippen LogP contribution in [0, 0.1) is 5.92 Å². The van der Waals surface area contributed by atoms with E-state index in [9.17, 15) is 9.59 Å². The highest BCUT2D eigenvalue weighted by molar-refractivity contribution is 5.93. The van der Waals surface area contributed by atoms with Crippen LogP contribution in [0.25, 0.3) is 0 Å². The van der Waals surface area contributed by atoms with Crippen LogP contribution in [0.15, 0.2) is 0 Å². The lowest BCUT2D eigenvalue weighted by Gasteiger charge is -2.36. The van der Waals surface area contributed by atoms with Crippen LogP contribution < -0.4 is 0 Å². The predicted molar refractivity (Wildman–Crippen MR) is 53.4 cm³/mol. The first-order chi connectivity index (χ1) is 7.04. The van der Waals surface area contributed by atoms with Gasteiger partial charge in [0.25, 0.3) is 0 Å². The van der Waals surface area contributed by atoms with Crippen LogP contribution in [-0.2, 0) is 14.3 Å². The molecule has 0 bridgehead atoms. The van der Waals surface area contributed by atoms with Crippen LogP contribution in [-0.4, -0.2) is 48.2 Å². The van der Waals surface area contributed by atoms with Gasteiger partial charge in [0, 0.05) is 20.2 Å². The van der Waals surface area contributed by atoms with Gasteiger partial charge in [-0.05, 0) is 12.3 Å². The smallest absolute Gasteiger partial charge is 0.312 e. The van der Waals surface area contributed by atoms with Gasteiger partial charge in [0.05, 0.1) is 6.10 Å². The first-order valence-electron chi connectivity index (χ1n) is 5.07. The summed E-state index contributed by atoms with van der Waals surface area (Å²) < 4.78 is 5.25. The summed E-state index contributed by atoms with van der Waals surface area (Å²) in [6.45, 7) is 3.21. The molecule has 0 aliphatic carbocycles. The van der Waals surface area contributed by atoms with Crippen molar-refractivity contribution in [3.63, 3.8) is 0 Å². The maximum Gasteiger partial charge on any atom is 0.312 e. The molecular weight excluding hydrogens is 198 g/mol. The van der Waals surface area contributed by atoms with Crippen molar-refractivity contribution < 1.29 is 19.4 Å². The number of nitrogens with zero attached hydrogens (tertiary/aromatic N) is 1. The maximum atomic E-state index is 11.5. The second-order valence-electron chi connectivity index (χ2n) is 3.95. The Labute approximate surface area is 89.0 Å². The first kappa shape index (κ1) is 12.0. The van der Waals surface area contributed by atoms with E-state index in [4.69, 9.17) is 9.84 Å². The second-order valence-corrected chi connectivity index (χ2v) is 3.95. The van der Waals surface area contributed by atoms with Gasteiger partial charge in [0.1, 0.15) is 6.42 Å². The number of amides is 1. The SMILES string of the molecule is COC1CN(C(=O)CC(=O)O)CCC1C. The van der Waals surface area contributed by atoms with Crippen molar-refractivity contribution in [3.05, 3.63) is 0 Å². The molecule has 1 rings (SSSR count). The maximum absolute atomic E-state index is 11.5. The number of rotatable bonds is 3. The van der Waals surface area contributed by atoms with E-state index in [0.29, 0.717) is 19.0 Å². The molecule has 2 atom stereocenters. The monoisotopic (exact) mass is 215 g/mol. The highest BCUT2D eigenvalue weighted by atomic mass is 16.5. The Bertz CT molecular complexity index is 254. The fraction of sp³-hybridized carbons (Fsp3) is 0.800. The highest BCUT2D eigenvalue weighted by Crippen LogP contribution is 2.19. The van der Waals surface area contributed by atoms with Crippen LogP contribution in [0.5, 0.6) is 0 Å². The number of carbonyl (C=O) groups is 2. The molecule has 5 heteroatoms. The summed E-state index contributed by atoms with van der Waals surface area (Å²) in [6.07, 6.45) is 0.464. The zero-order valence-electron chi connectivity index (χ0n) is 9.10. The minimum atomic E-state index is -1.08. The fourth-order valence-electron chi connectivity index (χ4n) is 1.81. The number of methoxy groups -OCH3 is 1. The third-order valence-electron chi connectivity index (χ3n) is 2.85. The zero-order chi connectivity index (χ0) is 11.4. The Kier molecular flexibility index (Phi) is 4.08. The average Bonchev–Trinajstić information content (AvgIpc) is 2.17. The summed E-state index contributed by atoms with van der Waals surface area (Å²) in [5.74, 6) is -0.979. The van der Waals surface area contributed by atoms with Gasteiger partial charge in [-0.25, -0.2) is 0 Å². The molecule has 1 saturated heterocycles. The molecule has 1 fully saturated rings. The summed E-state index contributed by atoms with van der Waals surface area (Å²) in [6, 6.07) is 0. The van der Waals surface area contributed by atoms with Crippen molar-refractivity contribution in [2.24, 2.45) is 5.92 Å². The topological polar surface area (TPSA) is 66.8 Å². The molecule has 2 unspecified atom stereocenters. The van der Waals surface area contributed by atoms with E-state index in [2.05, 4.69) is 6.92 Å². The van der Waals surface area contributed by atoms with Crippen LogP contribution >= 0.6 is 0 Å². The number of carboxylic acid groups (broad SMARTS) is 1. The lowest BCUT2D eigenvalue weighted by Crippen LogP contribution is -2.47. The predicted octanol–water partition coefficient (Wildman–Crippen LogP) is 0.344. The van der Waals surface area contributed by atoms with Gasteiger partial charge in [-0.1, -0.05) is 6.92 Å². The zero-order valence-corrected chi connectivity index (χ0v) is 9.10. The van der Waals surface area contributed by atoms with Gasteiger partial charge < -0.3 is 14.7 Å². The van der Waals surface area contributed by atoms with Crippen LogP contribution in [0.3, 0.4) is 0 Å². The van der Waals surface area contributed by atoms with Crippen molar-refractivity contribution in [1.29, 1.82) is 0 Å². The number of carboxylic acids is 1. The van der Waals surface area contributed by atoms with Crippen molar-refractivity contribution in [2.45, 2.75) is 25.9 Å². The van der Waals surface area contributed by atoms with E-state index in [0.717, 1.165) is 6.42 Å². The number of aliphatic carboxylic acids is 1. The molecule has 1 N–H and O–H groups in total. The standard InChI is InChI=1S/C10H17NO4/c1-7-3-4-11(6-8(7)15-2)9(12)5-10(13)14/h7-8H,3-6H2,1-2H3,(H,13,14). The van der Waals surface area contributed by atoms with E-state index in [1.165, 1.54) is 0 Å². The molecule has 1 heterocycles. The lowest BCUT2D eigenvalue weighted by molar-refractivity contribution is -0.146. The number of likely N-dealkylation sites (tertiary alicyclic amines) is 1. The summed E-state index contributed by atoms with van der Waals surface area (Å²) >= 11 is 0. The highest BCUT2D eigenvalue weighted by Gasteiger charge is 2.29. The summed E-state index contributed by atoms with van der Waals surface area (Å²) in [4.78, 5) is 23.4. The van der Waals surface area contributed by atoms with Crippen molar-refractivity contribution in [2.75, 3.05) is 20.2 Å². The number of carbonyl (C=O) groups excluding carboxylic acids is 1. The van der Waals surface area contributed by atoms with E-state index in [1.54, 1.807) is 12.0 Å². The first-order valence-corrected chi connectivity index (χ1v) is 5.07. The van der Waals surface area contributed by atoms with Gasteiger partial charge in [0.2, 0.25) is 5.91 Å². The minimum Gasteiger partial charge on any atom is -0.481 e. The van der Waals surface area contributed by atoms with Crippen molar-refractivity contribution >= 4 is 11.9 Å². The van der Waals surface area contributed by atoms with Crippen molar-refractivity contribution in [1.82, 2.24) is 4.90 Å². The molecule has 0 spiro atoms. The average molecular weight is 215 g/mol. The van der Waals surface area contributed by atoms with E-state index < -0.39 is 12.4 Å². The van der Waals surface area contributed by atoms with Crippen LogP contribution in [0.4, 0.5) is 0 Å². The molecule has 15 heavy (non-hydrogen) atoms. The number of hydrogen-bond acceptors (Lipinski definition) is 3. The van der Waals surface area contributed by atoms with E-state index >= 15 is 0 Å². The molecule has 0 radical (unpaired) electrons. The van der Waals surface area contributed by atoms with Gasteiger partial charge in [-0.2, -0.15) is 0 Å². The molecule has 5 nitrogen and oxygen atoms in total. The molecule has 86 valence electrons. The molecule has 0 saturated carbocycles. The van der Waals surface area contributed by atoms with Gasteiger partial charge in [-0.15, -0.1) is 0 Å². The number of piperidine rings is 1. The van der Waals surface area contributed by atoms with Crippen LogP contribution in [0.2, 0.25) is 0 Å². The second kappa shape index (κ2) is 5.11. The largest absolute Gasteiger partial charge is 0.481 e. The normalized spacial score (nSPS) is 26.4. The molecule has 1 amide bonds. The Hall–Kier alpha value is -1.10.